The number of benzene rings is 1. The zero-order valence-electron chi connectivity index (χ0n) is 14.1. The fourth-order valence-corrected chi connectivity index (χ4v) is 2.47. The van der Waals surface area contributed by atoms with E-state index >= 15 is 0 Å². The van der Waals surface area contributed by atoms with Gasteiger partial charge in [-0.1, -0.05) is 12.1 Å². The minimum Gasteiger partial charge on any atom is -0.287 e. The molecule has 1 aromatic carbocycles. The van der Waals surface area contributed by atoms with Gasteiger partial charge in [-0.2, -0.15) is 18.3 Å². The third-order valence-electron chi connectivity index (χ3n) is 4.01. The van der Waals surface area contributed by atoms with Crippen molar-refractivity contribution in [3.8, 4) is 5.69 Å². The molecule has 0 unspecified atom stereocenters. The van der Waals surface area contributed by atoms with Gasteiger partial charge < -0.3 is 0 Å². The molecular formula is C17H15F3N4O3. The van der Waals surface area contributed by atoms with Gasteiger partial charge >= 0.3 is 6.18 Å². The van der Waals surface area contributed by atoms with Gasteiger partial charge in [0.1, 0.15) is 0 Å². The molecule has 1 aliphatic rings. The standard InChI is InChI=1S/C17H15F3N4O3/c1-9-8-13(25)14(16(27)22-21-15(26)10-6-7-10)23-24(9)12-5-3-2-4-11(12)17(18,19)20/h2-5,8,10H,6-7H2,1H3,(H,21,26)(H,22,27). The molecule has 0 saturated heterocycles. The number of carbonyl (C=O) groups is 2. The number of nitrogens with zero attached hydrogens (tertiary/aromatic N) is 2. The Kier molecular flexibility index (Phi) is 4.73. The lowest BCUT2D eigenvalue weighted by molar-refractivity contribution is -0.137. The first-order valence-corrected chi connectivity index (χ1v) is 8.06. The number of aromatic nitrogens is 2. The summed E-state index contributed by atoms with van der Waals surface area (Å²) in [6.07, 6.45) is -3.22. The lowest BCUT2D eigenvalue weighted by Gasteiger charge is -2.16. The molecule has 1 heterocycles. The molecule has 27 heavy (non-hydrogen) atoms. The van der Waals surface area contributed by atoms with Crippen molar-refractivity contribution in [2.45, 2.75) is 25.9 Å². The molecule has 3 rings (SSSR count). The van der Waals surface area contributed by atoms with E-state index in [0.717, 1.165) is 16.8 Å². The van der Waals surface area contributed by atoms with E-state index in [-0.39, 0.29) is 17.3 Å². The Hall–Kier alpha value is -3.17. The predicted molar refractivity (Wildman–Crippen MR) is 87.9 cm³/mol. The lowest BCUT2D eigenvalue weighted by Crippen LogP contribution is -2.44. The summed E-state index contributed by atoms with van der Waals surface area (Å²) in [4.78, 5) is 35.8. The summed E-state index contributed by atoms with van der Waals surface area (Å²) in [5.74, 6) is -1.57. The second-order valence-electron chi connectivity index (χ2n) is 6.14. The number of para-hydroxylation sites is 1. The molecule has 7 nitrogen and oxygen atoms in total. The number of alkyl halides is 3. The molecule has 1 aliphatic carbocycles. The third-order valence-corrected chi connectivity index (χ3v) is 4.01. The van der Waals surface area contributed by atoms with Gasteiger partial charge in [0.05, 0.1) is 11.3 Å². The van der Waals surface area contributed by atoms with Crippen molar-refractivity contribution in [3.05, 3.63) is 57.5 Å². The molecule has 0 atom stereocenters. The molecule has 2 amide bonds. The van der Waals surface area contributed by atoms with E-state index in [1.54, 1.807) is 0 Å². The summed E-state index contributed by atoms with van der Waals surface area (Å²) in [6, 6.07) is 5.69. The van der Waals surface area contributed by atoms with Crippen LogP contribution in [0.2, 0.25) is 0 Å². The number of hydrazine groups is 1. The van der Waals surface area contributed by atoms with Crippen molar-refractivity contribution in [1.82, 2.24) is 20.6 Å². The van der Waals surface area contributed by atoms with E-state index in [4.69, 9.17) is 0 Å². The molecular weight excluding hydrogens is 365 g/mol. The molecule has 142 valence electrons. The second-order valence-corrected chi connectivity index (χ2v) is 6.14. The molecule has 1 fully saturated rings. The van der Waals surface area contributed by atoms with Gasteiger partial charge in [-0.3, -0.25) is 25.2 Å². The van der Waals surface area contributed by atoms with Crippen LogP contribution in [0.15, 0.2) is 35.1 Å². The minimum absolute atomic E-state index is 0.121. The molecule has 2 N–H and O–H groups in total. The van der Waals surface area contributed by atoms with Crippen molar-refractivity contribution in [1.29, 1.82) is 0 Å². The van der Waals surface area contributed by atoms with Gasteiger partial charge in [-0.05, 0) is 31.9 Å². The summed E-state index contributed by atoms with van der Waals surface area (Å²) in [7, 11) is 0. The van der Waals surface area contributed by atoms with E-state index in [0.29, 0.717) is 12.8 Å². The second kappa shape index (κ2) is 6.86. The van der Waals surface area contributed by atoms with E-state index in [9.17, 15) is 27.6 Å². The Balaban J connectivity index is 1.96. The summed E-state index contributed by atoms with van der Waals surface area (Å²) in [5.41, 5.74) is 1.68. The maximum Gasteiger partial charge on any atom is 0.418 e. The SMILES string of the molecule is Cc1cc(=O)c(C(=O)NNC(=O)C2CC2)nn1-c1ccccc1C(F)(F)F. The maximum absolute atomic E-state index is 13.3. The number of amides is 2. The van der Waals surface area contributed by atoms with Crippen LogP contribution in [0.4, 0.5) is 13.2 Å². The molecule has 0 bridgehead atoms. The highest BCUT2D eigenvalue weighted by atomic mass is 19.4. The normalized spacial score (nSPS) is 13.9. The van der Waals surface area contributed by atoms with Crippen LogP contribution in [0, 0.1) is 12.8 Å². The monoisotopic (exact) mass is 380 g/mol. The Bertz CT molecular complexity index is 965. The van der Waals surface area contributed by atoms with Crippen molar-refractivity contribution >= 4 is 11.8 Å². The largest absolute Gasteiger partial charge is 0.418 e. The zero-order valence-corrected chi connectivity index (χ0v) is 14.1. The summed E-state index contributed by atoms with van der Waals surface area (Å²) in [6.45, 7) is 1.40. The first-order valence-electron chi connectivity index (χ1n) is 8.06. The lowest BCUT2D eigenvalue weighted by atomic mass is 10.1. The van der Waals surface area contributed by atoms with Crippen LogP contribution in [0.1, 0.15) is 34.6 Å². The van der Waals surface area contributed by atoms with Crippen LogP contribution < -0.4 is 16.3 Å². The smallest absolute Gasteiger partial charge is 0.287 e. The number of rotatable bonds is 3. The van der Waals surface area contributed by atoms with Crippen LogP contribution >= 0.6 is 0 Å². The van der Waals surface area contributed by atoms with Crippen molar-refractivity contribution in [3.63, 3.8) is 0 Å². The fourth-order valence-electron chi connectivity index (χ4n) is 2.47. The number of hydrogen-bond donors (Lipinski definition) is 2. The van der Waals surface area contributed by atoms with E-state index in [2.05, 4.69) is 16.0 Å². The van der Waals surface area contributed by atoms with Crippen LogP contribution in [0.3, 0.4) is 0 Å². The average Bonchev–Trinajstić information content (AvgIpc) is 3.44. The molecule has 0 aliphatic heterocycles. The first-order chi connectivity index (χ1) is 12.7. The Labute approximate surface area is 151 Å². The molecule has 1 saturated carbocycles. The fraction of sp³-hybridized carbons (Fsp3) is 0.294. The quantitative estimate of drug-likeness (QED) is 0.794. The summed E-state index contributed by atoms with van der Waals surface area (Å²) in [5, 5.41) is 3.80. The molecule has 2 aromatic rings. The maximum atomic E-state index is 13.3. The van der Waals surface area contributed by atoms with Crippen molar-refractivity contribution < 1.29 is 22.8 Å². The highest BCUT2D eigenvalue weighted by Crippen LogP contribution is 2.33. The van der Waals surface area contributed by atoms with Gasteiger partial charge in [-0.25, -0.2) is 4.68 Å². The average molecular weight is 380 g/mol. The Morgan fingerprint density at radius 2 is 1.85 bits per heavy atom. The van der Waals surface area contributed by atoms with Crippen LogP contribution in [-0.4, -0.2) is 21.6 Å². The molecule has 0 spiro atoms. The molecule has 0 radical (unpaired) electrons. The topological polar surface area (TPSA) is 93.1 Å². The number of hydrogen-bond acceptors (Lipinski definition) is 4. The summed E-state index contributed by atoms with van der Waals surface area (Å²) >= 11 is 0. The number of nitrogens with one attached hydrogen (secondary N) is 2. The first kappa shape index (κ1) is 18.6. The van der Waals surface area contributed by atoms with Crippen LogP contribution in [-0.2, 0) is 11.0 Å². The molecule has 1 aromatic heterocycles. The number of halogens is 3. The van der Waals surface area contributed by atoms with E-state index in [1.807, 2.05) is 0 Å². The van der Waals surface area contributed by atoms with Crippen molar-refractivity contribution in [2.75, 3.05) is 0 Å². The van der Waals surface area contributed by atoms with Gasteiger partial charge in [-0.15, -0.1) is 0 Å². The highest BCUT2D eigenvalue weighted by Gasteiger charge is 2.34. The summed E-state index contributed by atoms with van der Waals surface area (Å²) < 4.78 is 40.7. The van der Waals surface area contributed by atoms with Crippen molar-refractivity contribution in [2.24, 2.45) is 5.92 Å². The Morgan fingerprint density at radius 3 is 2.48 bits per heavy atom. The number of aryl methyl sites for hydroxylation is 1. The minimum atomic E-state index is -4.64. The van der Waals surface area contributed by atoms with Gasteiger partial charge in [0.2, 0.25) is 11.3 Å². The third kappa shape index (κ3) is 3.99. The zero-order chi connectivity index (χ0) is 19.8. The number of carbonyl (C=O) groups excluding carboxylic acids is 2. The van der Waals surface area contributed by atoms with Crippen LogP contribution in [0.5, 0.6) is 0 Å². The van der Waals surface area contributed by atoms with Gasteiger partial charge in [0.15, 0.2) is 5.69 Å². The van der Waals surface area contributed by atoms with Gasteiger partial charge in [0.25, 0.3) is 5.91 Å². The predicted octanol–water partition coefficient (Wildman–Crippen LogP) is 1.73. The van der Waals surface area contributed by atoms with Crippen LogP contribution in [0.25, 0.3) is 5.69 Å². The molecule has 10 heteroatoms. The van der Waals surface area contributed by atoms with Gasteiger partial charge in [0, 0.05) is 17.7 Å². The Morgan fingerprint density at radius 1 is 1.19 bits per heavy atom. The van der Waals surface area contributed by atoms with E-state index < -0.39 is 34.7 Å². The van der Waals surface area contributed by atoms with E-state index in [1.165, 1.54) is 25.1 Å². The highest BCUT2D eigenvalue weighted by molar-refractivity contribution is 5.94.